The lowest BCUT2D eigenvalue weighted by atomic mass is 9.84. The molecule has 0 aromatic carbocycles. The normalized spacial score (nSPS) is 26.0. The predicted octanol–water partition coefficient (Wildman–Crippen LogP) is 2.78. The molecule has 0 bridgehead atoms. The maximum Gasteiger partial charge on any atom is 0.404 e. The van der Waals surface area contributed by atoms with E-state index < -0.39 is 17.5 Å². The van der Waals surface area contributed by atoms with Crippen LogP contribution in [0.1, 0.15) is 24.1 Å². The summed E-state index contributed by atoms with van der Waals surface area (Å²) in [7, 11) is 0. The molecule has 2 fully saturated rings. The topological polar surface area (TPSA) is 32.3 Å². The highest BCUT2D eigenvalue weighted by Crippen LogP contribution is 2.46. The third-order valence-electron chi connectivity index (χ3n) is 4.26. The number of halogens is 3. The van der Waals surface area contributed by atoms with E-state index in [1.807, 2.05) is 17.5 Å². The summed E-state index contributed by atoms with van der Waals surface area (Å²) in [6.45, 7) is 0.227. The molecule has 0 spiro atoms. The number of nitrogens with zero attached hydrogens (tertiary/aromatic N) is 1. The van der Waals surface area contributed by atoms with Crippen LogP contribution in [-0.2, 0) is 11.3 Å². The van der Waals surface area contributed by atoms with Gasteiger partial charge in [0.15, 0.2) is 5.41 Å². The number of amides is 1. The fourth-order valence-corrected chi connectivity index (χ4v) is 3.54. The lowest BCUT2D eigenvalue weighted by molar-refractivity contribution is -0.222. The summed E-state index contributed by atoms with van der Waals surface area (Å²) in [5.41, 5.74) is -2.24. The largest absolute Gasteiger partial charge is 0.404 e. The van der Waals surface area contributed by atoms with E-state index in [1.165, 1.54) is 16.2 Å². The Hall–Kier alpha value is -1.08. The van der Waals surface area contributed by atoms with E-state index in [9.17, 15) is 18.0 Å². The van der Waals surface area contributed by atoms with Gasteiger partial charge in [0.25, 0.3) is 0 Å². The first-order valence-electron chi connectivity index (χ1n) is 7.05. The first-order chi connectivity index (χ1) is 9.94. The Morgan fingerprint density at radius 3 is 2.71 bits per heavy atom. The monoisotopic (exact) mass is 318 g/mol. The number of hydrogen-bond donors (Lipinski definition) is 1. The van der Waals surface area contributed by atoms with Gasteiger partial charge in [-0.2, -0.15) is 13.2 Å². The molecule has 2 aliphatic rings. The van der Waals surface area contributed by atoms with Gasteiger partial charge in [0, 0.05) is 17.5 Å². The molecular weight excluding hydrogens is 301 g/mol. The molecule has 7 heteroatoms. The van der Waals surface area contributed by atoms with Gasteiger partial charge in [0.05, 0.1) is 6.54 Å². The van der Waals surface area contributed by atoms with Crippen LogP contribution in [0.25, 0.3) is 0 Å². The van der Waals surface area contributed by atoms with Crippen molar-refractivity contribution in [2.75, 3.05) is 13.1 Å². The summed E-state index contributed by atoms with van der Waals surface area (Å²) < 4.78 is 40.5. The van der Waals surface area contributed by atoms with Gasteiger partial charge in [0.2, 0.25) is 5.91 Å². The van der Waals surface area contributed by atoms with Crippen molar-refractivity contribution >= 4 is 17.2 Å². The first kappa shape index (κ1) is 14.8. The predicted molar refractivity (Wildman–Crippen MR) is 73.9 cm³/mol. The second-order valence-electron chi connectivity index (χ2n) is 5.75. The number of nitrogens with one attached hydrogen (secondary N) is 1. The van der Waals surface area contributed by atoms with E-state index in [4.69, 9.17) is 0 Å². The third-order valence-corrected chi connectivity index (χ3v) is 5.12. The van der Waals surface area contributed by atoms with E-state index in [1.54, 1.807) is 0 Å². The molecule has 1 aromatic rings. The minimum Gasteiger partial charge on any atom is -0.334 e. The molecule has 1 saturated heterocycles. The quantitative estimate of drug-likeness (QED) is 0.926. The molecule has 0 radical (unpaired) electrons. The SMILES string of the molecule is O=C(N(Cc1cccs1)C1CC1)C1(C(F)(F)F)CCNC1. The molecule has 21 heavy (non-hydrogen) atoms. The Balaban J connectivity index is 1.86. The van der Waals surface area contributed by atoms with E-state index in [0.717, 1.165) is 17.7 Å². The Morgan fingerprint density at radius 2 is 2.24 bits per heavy atom. The Morgan fingerprint density at radius 1 is 1.48 bits per heavy atom. The van der Waals surface area contributed by atoms with Crippen molar-refractivity contribution in [2.24, 2.45) is 5.41 Å². The average molecular weight is 318 g/mol. The number of alkyl halides is 3. The van der Waals surface area contributed by atoms with Crippen LogP contribution in [0.4, 0.5) is 13.2 Å². The molecule has 116 valence electrons. The highest BCUT2D eigenvalue weighted by atomic mass is 32.1. The molecule has 1 N–H and O–H groups in total. The summed E-state index contributed by atoms with van der Waals surface area (Å²) in [5.74, 6) is -0.754. The number of hydrogen-bond acceptors (Lipinski definition) is 3. The minimum absolute atomic E-state index is 0.0283. The Bertz CT molecular complexity index is 505. The van der Waals surface area contributed by atoms with Crippen molar-refractivity contribution in [3.63, 3.8) is 0 Å². The maximum atomic E-state index is 13.5. The molecule has 1 saturated carbocycles. The van der Waals surface area contributed by atoms with Crippen LogP contribution in [0, 0.1) is 5.41 Å². The fourth-order valence-electron chi connectivity index (χ4n) is 2.84. The van der Waals surface area contributed by atoms with Crippen LogP contribution in [0.2, 0.25) is 0 Å². The van der Waals surface area contributed by atoms with Crippen molar-refractivity contribution in [3.8, 4) is 0 Å². The van der Waals surface area contributed by atoms with Crippen LogP contribution in [0.15, 0.2) is 17.5 Å². The molecule has 1 atom stereocenters. The van der Waals surface area contributed by atoms with E-state index in [2.05, 4.69) is 5.32 Å². The van der Waals surface area contributed by atoms with Gasteiger partial charge in [0.1, 0.15) is 0 Å². The minimum atomic E-state index is -4.50. The molecule has 1 aliphatic carbocycles. The van der Waals surface area contributed by atoms with Crippen LogP contribution < -0.4 is 5.32 Å². The second kappa shape index (κ2) is 5.28. The Kier molecular flexibility index (Phi) is 3.73. The van der Waals surface area contributed by atoms with E-state index in [0.29, 0.717) is 6.54 Å². The highest BCUT2D eigenvalue weighted by molar-refractivity contribution is 7.09. The van der Waals surface area contributed by atoms with Crippen LogP contribution in [0.3, 0.4) is 0 Å². The zero-order chi connectivity index (χ0) is 15.1. The number of rotatable bonds is 4. The molecule has 1 aromatic heterocycles. The fraction of sp³-hybridized carbons (Fsp3) is 0.643. The van der Waals surface area contributed by atoms with Gasteiger partial charge in [-0.1, -0.05) is 6.07 Å². The van der Waals surface area contributed by atoms with Gasteiger partial charge in [-0.15, -0.1) is 11.3 Å². The van der Waals surface area contributed by atoms with Crippen molar-refractivity contribution in [2.45, 2.75) is 38.0 Å². The summed E-state index contributed by atoms with van der Waals surface area (Å²) in [6.07, 6.45) is -3.06. The van der Waals surface area contributed by atoms with E-state index >= 15 is 0 Å². The zero-order valence-electron chi connectivity index (χ0n) is 11.4. The lowest BCUT2D eigenvalue weighted by Gasteiger charge is -2.35. The number of carbonyl (C=O) groups excluding carboxylic acids is 1. The highest BCUT2D eigenvalue weighted by Gasteiger charge is 2.63. The zero-order valence-corrected chi connectivity index (χ0v) is 12.3. The van der Waals surface area contributed by atoms with Gasteiger partial charge >= 0.3 is 6.18 Å². The maximum absolute atomic E-state index is 13.5. The molecule has 3 nitrogen and oxygen atoms in total. The van der Waals surface area contributed by atoms with Crippen molar-refractivity contribution in [3.05, 3.63) is 22.4 Å². The summed E-state index contributed by atoms with van der Waals surface area (Å²) >= 11 is 1.47. The molecule has 1 amide bonds. The number of carbonyl (C=O) groups is 1. The lowest BCUT2D eigenvalue weighted by Crippen LogP contribution is -2.54. The Labute approximate surface area is 125 Å². The van der Waals surface area contributed by atoms with Gasteiger partial charge < -0.3 is 10.2 Å². The third kappa shape index (κ3) is 2.68. The van der Waals surface area contributed by atoms with Gasteiger partial charge in [-0.05, 0) is 37.3 Å². The van der Waals surface area contributed by atoms with Crippen molar-refractivity contribution in [1.82, 2.24) is 10.2 Å². The second-order valence-corrected chi connectivity index (χ2v) is 6.78. The van der Waals surface area contributed by atoms with Crippen LogP contribution in [-0.4, -0.2) is 36.1 Å². The number of thiophene rings is 1. The molecule has 1 aliphatic heterocycles. The summed E-state index contributed by atoms with van der Waals surface area (Å²) in [4.78, 5) is 15.1. The molecule has 1 unspecified atom stereocenters. The van der Waals surface area contributed by atoms with Gasteiger partial charge in [-0.3, -0.25) is 4.79 Å². The molecular formula is C14H17F3N2OS. The first-order valence-corrected chi connectivity index (χ1v) is 7.93. The summed E-state index contributed by atoms with van der Waals surface area (Å²) in [6, 6.07) is 3.69. The molecule has 2 heterocycles. The summed E-state index contributed by atoms with van der Waals surface area (Å²) in [5, 5.41) is 4.59. The van der Waals surface area contributed by atoms with Crippen LogP contribution >= 0.6 is 11.3 Å². The van der Waals surface area contributed by atoms with Crippen LogP contribution in [0.5, 0.6) is 0 Å². The van der Waals surface area contributed by atoms with E-state index in [-0.39, 0.29) is 25.6 Å². The average Bonchev–Trinajstić information content (AvgIpc) is 2.94. The smallest absolute Gasteiger partial charge is 0.334 e. The van der Waals surface area contributed by atoms with Crippen molar-refractivity contribution in [1.29, 1.82) is 0 Å². The molecule has 3 rings (SSSR count). The van der Waals surface area contributed by atoms with Gasteiger partial charge in [-0.25, -0.2) is 0 Å². The van der Waals surface area contributed by atoms with Crippen molar-refractivity contribution < 1.29 is 18.0 Å². The standard InChI is InChI=1S/C14H17F3N2OS/c15-14(16,17)13(5-6-18-9-13)12(20)19(10-3-4-10)8-11-2-1-7-21-11/h1-2,7,10,18H,3-6,8-9H2.